The van der Waals surface area contributed by atoms with Crippen LogP contribution in [0.2, 0.25) is 10.0 Å². The van der Waals surface area contributed by atoms with E-state index in [4.69, 9.17) is 23.2 Å². The van der Waals surface area contributed by atoms with Crippen LogP contribution >= 0.6 is 23.2 Å². The molecule has 1 N–H and O–H groups in total. The van der Waals surface area contributed by atoms with Gasteiger partial charge in [0.25, 0.3) is 0 Å². The van der Waals surface area contributed by atoms with Gasteiger partial charge in [-0.3, -0.25) is 0 Å². The summed E-state index contributed by atoms with van der Waals surface area (Å²) in [7, 11) is 0. The number of aliphatic hydroxyl groups excluding tert-OH is 1. The van der Waals surface area contributed by atoms with Crippen LogP contribution in [0.5, 0.6) is 0 Å². The van der Waals surface area contributed by atoms with Crippen LogP contribution in [-0.2, 0) is 6.42 Å². The van der Waals surface area contributed by atoms with Crippen molar-refractivity contribution in [1.29, 1.82) is 0 Å². The monoisotopic (exact) mass is 301 g/mol. The Labute approximate surface area is 125 Å². The van der Waals surface area contributed by atoms with Crippen molar-refractivity contribution in [3.8, 4) is 0 Å². The smallest absolute Gasteiger partial charge is 0.0596 e. The number of benzene rings is 1. The van der Waals surface area contributed by atoms with Crippen molar-refractivity contribution < 1.29 is 5.11 Å². The number of hydrogen-bond acceptors (Lipinski definition) is 2. The fraction of sp³-hybridized carbons (Fsp3) is 0.600. The molecule has 0 amide bonds. The van der Waals surface area contributed by atoms with Crippen molar-refractivity contribution in [1.82, 2.24) is 4.90 Å². The van der Waals surface area contributed by atoms with Crippen LogP contribution in [0.1, 0.15) is 25.3 Å². The number of hydrogen-bond donors (Lipinski definition) is 1. The van der Waals surface area contributed by atoms with Crippen LogP contribution in [0, 0.1) is 5.92 Å². The third kappa shape index (κ3) is 3.85. The lowest BCUT2D eigenvalue weighted by molar-refractivity contribution is 0.0271. The summed E-state index contributed by atoms with van der Waals surface area (Å²) in [5.74, 6) is 0.220. The van der Waals surface area contributed by atoms with E-state index in [9.17, 15) is 5.11 Å². The van der Waals surface area contributed by atoms with Crippen LogP contribution in [0.15, 0.2) is 18.2 Å². The maximum atomic E-state index is 10.2. The van der Waals surface area contributed by atoms with Crippen LogP contribution in [0.25, 0.3) is 0 Å². The van der Waals surface area contributed by atoms with Gasteiger partial charge in [0.05, 0.1) is 6.10 Å². The number of likely N-dealkylation sites (tertiary alicyclic amines) is 1. The molecule has 2 atom stereocenters. The zero-order valence-corrected chi connectivity index (χ0v) is 12.8. The summed E-state index contributed by atoms with van der Waals surface area (Å²) in [5, 5.41) is 11.6. The van der Waals surface area contributed by atoms with Gasteiger partial charge in [-0.25, -0.2) is 0 Å². The summed E-state index contributed by atoms with van der Waals surface area (Å²) in [4.78, 5) is 2.42. The zero-order chi connectivity index (χ0) is 13.8. The van der Waals surface area contributed by atoms with E-state index in [0.29, 0.717) is 10.0 Å². The molecule has 106 valence electrons. The second-order valence-electron chi connectivity index (χ2n) is 5.32. The van der Waals surface area contributed by atoms with Crippen LogP contribution in [0.4, 0.5) is 0 Å². The van der Waals surface area contributed by atoms with Gasteiger partial charge in [-0.15, -0.1) is 0 Å². The molecule has 2 unspecified atom stereocenters. The molecule has 4 heteroatoms. The first-order valence-corrected chi connectivity index (χ1v) is 7.70. The molecular formula is C15H21Cl2NO. The van der Waals surface area contributed by atoms with E-state index in [1.165, 1.54) is 0 Å². The lowest BCUT2D eigenvalue weighted by Gasteiger charge is -2.36. The van der Waals surface area contributed by atoms with E-state index >= 15 is 0 Å². The van der Waals surface area contributed by atoms with Crippen molar-refractivity contribution in [2.24, 2.45) is 5.92 Å². The predicted octanol–water partition coefficient (Wildman–Crippen LogP) is 3.63. The van der Waals surface area contributed by atoms with Gasteiger partial charge in [0.2, 0.25) is 0 Å². The van der Waals surface area contributed by atoms with Crippen molar-refractivity contribution in [2.45, 2.75) is 32.3 Å². The summed E-state index contributed by atoms with van der Waals surface area (Å²) in [5.41, 5.74) is 0.966. The van der Waals surface area contributed by atoms with Crippen molar-refractivity contribution >= 4 is 23.2 Å². The first-order chi connectivity index (χ1) is 9.11. The van der Waals surface area contributed by atoms with Crippen molar-refractivity contribution in [2.75, 3.05) is 19.6 Å². The number of aliphatic hydroxyl groups is 1. The normalized spacial score (nSPS) is 24.6. The Balaban J connectivity index is 2.08. The average molecular weight is 302 g/mol. The number of piperidine rings is 1. The molecule has 1 fully saturated rings. The summed E-state index contributed by atoms with van der Waals surface area (Å²) < 4.78 is 0. The molecule has 0 spiro atoms. The molecule has 19 heavy (non-hydrogen) atoms. The predicted molar refractivity (Wildman–Crippen MR) is 81.0 cm³/mol. The van der Waals surface area contributed by atoms with Crippen molar-refractivity contribution in [3.05, 3.63) is 33.8 Å². The second-order valence-corrected chi connectivity index (χ2v) is 6.14. The van der Waals surface area contributed by atoms with E-state index in [2.05, 4.69) is 11.8 Å². The van der Waals surface area contributed by atoms with Gasteiger partial charge in [-0.2, -0.15) is 0 Å². The molecule has 1 aromatic carbocycles. The fourth-order valence-corrected chi connectivity index (χ4v) is 3.36. The van der Waals surface area contributed by atoms with E-state index < -0.39 is 0 Å². The largest absolute Gasteiger partial charge is 0.393 e. The maximum absolute atomic E-state index is 10.2. The molecule has 2 rings (SSSR count). The van der Waals surface area contributed by atoms with Gasteiger partial charge in [-0.05, 0) is 43.5 Å². The van der Waals surface area contributed by atoms with Gasteiger partial charge in [0.15, 0.2) is 0 Å². The van der Waals surface area contributed by atoms with Gasteiger partial charge >= 0.3 is 0 Å². The van der Waals surface area contributed by atoms with Gasteiger partial charge in [0, 0.05) is 29.1 Å². The fourth-order valence-electron chi connectivity index (χ4n) is 2.80. The zero-order valence-electron chi connectivity index (χ0n) is 11.3. The minimum absolute atomic E-state index is 0.220. The molecule has 0 saturated carbocycles. The highest BCUT2D eigenvalue weighted by Crippen LogP contribution is 2.30. The molecule has 1 aliphatic heterocycles. The van der Waals surface area contributed by atoms with Crippen molar-refractivity contribution in [3.63, 3.8) is 0 Å². The Hall–Kier alpha value is -0.280. The highest BCUT2D eigenvalue weighted by Gasteiger charge is 2.28. The number of nitrogens with zero attached hydrogens (tertiary/aromatic N) is 1. The Kier molecular flexibility index (Phi) is 5.52. The molecule has 0 aromatic heterocycles. The minimum atomic E-state index is -0.250. The Bertz CT molecular complexity index is 404. The minimum Gasteiger partial charge on any atom is -0.393 e. The molecule has 1 saturated heterocycles. The third-order valence-electron chi connectivity index (χ3n) is 3.85. The molecule has 0 bridgehead atoms. The second kappa shape index (κ2) is 6.94. The summed E-state index contributed by atoms with van der Waals surface area (Å²) in [6, 6.07) is 5.58. The van der Waals surface area contributed by atoms with Crippen LogP contribution < -0.4 is 0 Å². The van der Waals surface area contributed by atoms with Crippen LogP contribution in [0.3, 0.4) is 0 Å². The topological polar surface area (TPSA) is 23.5 Å². The van der Waals surface area contributed by atoms with E-state index in [0.717, 1.165) is 44.5 Å². The molecule has 1 aromatic rings. The lowest BCUT2D eigenvalue weighted by atomic mass is 9.88. The standard InChI is InChI=1S/C15H21Cl2NO/c1-2-7-18-8-6-15(19)11(10-18)9-12-13(16)4-3-5-14(12)17/h3-5,11,15,19H,2,6-10H2,1H3. The lowest BCUT2D eigenvalue weighted by Crippen LogP contribution is -2.44. The SMILES string of the molecule is CCCN1CCC(O)C(Cc2c(Cl)cccc2Cl)C1. The summed E-state index contributed by atoms with van der Waals surface area (Å²) >= 11 is 12.4. The summed E-state index contributed by atoms with van der Waals surface area (Å²) in [6.07, 6.45) is 2.49. The highest BCUT2D eigenvalue weighted by molar-refractivity contribution is 6.35. The first-order valence-electron chi connectivity index (χ1n) is 6.95. The van der Waals surface area contributed by atoms with E-state index in [1.54, 1.807) is 0 Å². The molecule has 2 nitrogen and oxygen atoms in total. The first kappa shape index (κ1) is 15.1. The van der Waals surface area contributed by atoms with E-state index in [1.807, 2.05) is 18.2 Å². The van der Waals surface area contributed by atoms with Gasteiger partial charge in [0.1, 0.15) is 0 Å². The number of rotatable bonds is 4. The summed E-state index contributed by atoms with van der Waals surface area (Å²) in [6.45, 7) is 5.20. The Morgan fingerprint density at radius 2 is 2.00 bits per heavy atom. The molecule has 1 heterocycles. The molecular weight excluding hydrogens is 281 g/mol. The average Bonchev–Trinajstić information content (AvgIpc) is 2.38. The molecule has 0 radical (unpaired) electrons. The Morgan fingerprint density at radius 1 is 1.32 bits per heavy atom. The maximum Gasteiger partial charge on any atom is 0.0596 e. The van der Waals surface area contributed by atoms with Gasteiger partial charge < -0.3 is 10.0 Å². The van der Waals surface area contributed by atoms with E-state index in [-0.39, 0.29) is 12.0 Å². The third-order valence-corrected chi connectivity index (χ3v) is 4.55. The van der Waals surface area contributed by atoms with Gasteiger partial charge in [-0.1, -0.05) is 36.2 Å². The molecule has 1 aliphatic rings. The van der Waals surface area contributed by atoms with Crippen LogP contribution in [-0.4, -0.2) is 35.7 Å². The highest BCUT2D eigenvalue weighted by atomic mass is 35.5. The quantitative estimate of drug-likeness (QED) is 0.918. The Morgan fingerprint density at radius 3 is 2.63 bits per heavy atom. The number of halogens is 2. The molecule has 0 aliphatic carbocycles.